The normalized spacial score (nSPS) is 15.9. The lowest BCUT2D eigenvalue weighted by Gasteiger charge is -2.29. The van der Waals surface area contributed by atoms with Gasteiger partial charge in [-0.2, -0.15) is 0 Å². The highest BCUT2D eigenvalue weighted by Crippen LogP contribution is 2.38. The number of nitrogens with zero attached hydrogens (tertiary/aromatic N) is 1. The quantitative estimate of drug-likeness (QED) is 0.925. The first-order valence-electron chi connectivity index (χ1n) is 5.89. The number of halogens is 2. The molecule has 2 rings (SSSR count). The third-order valence-corrected chi connectivity index (χ3v) is 3.42. The summed E-state index contributed by atoms with van der Waals surface area (Å²) in [5.74, 6) is -2.39. The van der Waals surface area contributed by atoms with Gasteiger partial charge >= 0.3 is 5.97 Å². The summed E-state index contributed by atoms with van der Waals surface area (Å²) in [7, 11) is 0. The van der Waals surface area contributed by atoms with Crippen molar-refractivity contribution < 1.29 is 19.1 Å². The Morgan fingerprint density at radius 1 is 1.47 bits per heavy atom. The van der Waals surface area contributed by atoms with Crippen molar-refractivity contribution >= 4 is 23.5 Å². The third-order valence-electron chi connectivity index (χ3n) is 3.09. The van der Waals surface area contributed by atoms with Crippen LogP contribution in [0.25, 0.3) is 0 Å². The van der Waals surface area contributed by atoms with E-state index in [4.69, 9.17) is 11.6 Å². The Morgan fingerprint density at radius 3 is 2.53 bits per heavy atom. The van der Waals surface area contributed by atoms with Crippen molar-refractivity contribution in [1.82, 2.24) is 4.90 Å². The molecular weight excluding hydrogens is 273 g/mol. The number of amides is 1. The van der Waals surface area contributed by atoms with Gasteiger partial charge in [0.25, 0.3) is 0 Å². The number of hydrogen-bond donors (Lipinski definition) is 1. The first-order valence-corrected chi connectivity index (χ1v) is 6.27. The number of carbonyl (C=O) groups excluding carboxylic acids is 1. The molecule has 1 aliphatic carbocycles. The Balaban J connectivity index is 2.50. The number of aliphatic carboxylic acids is 1. The van der Waals surface area contributed by atoms with Gasteiger partial charge in [0, 0.05) is 23.6 Å². The Hall–Kier alpha value is -1.62. The minimum atomic E-state index is -1.38. The van der Waals surface area contributed by atoms with Crippen molar-refractivity contribution in [2.45, 2.75) is 31.8 Å². The summed E-state index contributed by atoms with van der Waals surface area (Å²) >= 11 is 5.90. The Bertz CT molecular complexity index is 510. The van der Waals surface area contributed by atoms with Crippen LogP contribution in [0.5, 0.6) is 0 Å². The van der Waals surface area contributed by atoms with E-state index in [0.29, 0.717) is 0 Å². The molecule has 0 bridgehead atoms. The van der Waals surface area contributed by atoms with Crippen LogP contribution >= 0.6 is 11.6 Å². The monoisotopic (exact) mass is 285 g/mol. The van der Waals surface area contributed by atoms with Crippen LogP contribution in [-0.2, 0) is 9.59 Å². The van der Waals surface area contributed by atoms with E-state index in [1.807, 2.05) is 0 Å². The van der Waals surface area contributed by atoms with Gasteiger partial charge in [-0.3, -0.25) is 4.79 Å². The van der Waals surface area contributed by atoms with E-state index in [-0.39, 0.29) is 16.6 Å². The fraction of sp³-hybridized carbons (Fsp3) is 0.385. The predicted octanol–water partition coefficient (Wildman–Crippen LogP) is 2.62. The molecule has 1 N–H and O–H groups in total. The number of hydrogen-bond acceptors (Lipinski definition) is 2. The van der Waals surface area contributed by atoms with Gasteiger partial charge in [0.1, 0.15) is 5.82 Å². The van der Waals surface area contributed by atoms with E-state index in [0.717, 1.165) is 18.9 Å². The van der Waals surface area contributed by atoms with Crippen molar-refractivity contribution in [3.05, 3.63) is 34.6 Å². The lowest BCUT2D eigenvalue weighted by Crippen LogP contribution is -2.39. The summed E-state index contributed by atoms with van der Waals surface area (Å²) in [6, 6.07) is 2.44. The van der Waals surface area contributed by atoms with Crippen molar-refractivity contribution in [3.8, 4) is 0 Å². The zero-order valence-corrected chi connectivity index (χ0v) is 11.0. The van der Waals surface area contributed by atoms with Crippen molar-refractivity contribution in [2.75, 3.05) is 0 Å². The van der Waals surface area contributed by atoms with E-state index in [1.165, 1.54) is 24.0 Å². The van der Waals surface area contributed by atoms with E-state index in [1.54, 1.807) is 0 Å². The molecule has 0 spiro atoms. The predicted molar refractivity (Wildman–Crippen MR) is 67.3 cm³/mol. The van der Waals surface area contributed by atoms with Gasteiger partial charge in [0.05, 0.1) is 0 Å². The summed E-state index contributed by atoms with van der Waals surface area (Å²) in [5, 5.41) is 9.37. The first kappa shape index (κ1) is 13.8. The topological polar surface area (TPSA) is 57.6 Å². The molecule has 1 amide bonds. The van der Waals surface area contributed by atoms with Crippen molar-refractivity contribution in [3.63, 3.8) is 0 Å². The van der Waals surface area contributed by atoms with Crippen LogP contribution in [0.3, 0.4) is 0 Å². The molecule has 1 aromatic rings. The maximum absolute atomic E-state index is 13.9. The van der Waals surface area contributed by atoms with E-state index >= 15 is 0 Å². The number of carboxylic acid groups (broad SMARTS) is 1. The summed E-state index contributed by atoms with van der Waals surface area (Å²) < 4.78 is 13.9. The van der Waals surface area contributed by atoms with Crippen LogP contribution in [0.4, 0.5) is 4.39 Å². The molecule has 4 nitrogen and oxygen atoms in total. The van der Waals surface area contributed by atoms with Gasteiger partial charge in [-0.15, -0.1) is 0 Å². The zero-order valence-electron chi connectivity index (χ0n) is 10.3. The van der Waals surface area contributed by atoms with Crippen LogP contribution in [-0.4, -0.2) is 27.9 Å². The summed E-state index contributed by atoms with van der Waals surface area (Å²) in [4.78, 5) is 24.3. The molecule has 1 unspecified atom stereocenters. The molecule has 102 valence electrons. The molecular formula is C13H13ClFNO3. The number of carboxylic acids is 1. The SMILES string of the molecule is CC(=O)N(C1CC1)C(C(=O)O)c1c(F)cccc1Cl. The van der Waals surface area contributed by atoms with Crippen LogP contribution < -0.4 is 0 Å². The molecule has 1 fully saturated rings. The maximum atomic E-state index is 13.9. The second-order valence-corrected chi connectivity index (χ2v) is 4.94. The highest BCUT2D eigenvalue weighted by molar-refractivity contribution is 6.31. The van der Waals surface area contributed by atoms with Crippen LogP contribution in [0, 0.1) is 5.82 Å². The molecule has 1 atom stereocenters. The molecule has 0 aromatic heterocycles. The molecule has 0 radical (unpaired) electrons. The van der Waals surface area contributed by atoms with Crippen LogP contribution in [0.15, 0.2) is 18.2 Å². The fourth-order valence-corrected chi connectivity index (χ4v) is 2.42. The summed E-state index contributed by atoms with van der Waals surface area (Å²) in [5.41, 5.74) is -0.154. The van der Waals surface area contributed by atoms with Gasteiger partial charge in [-0.05, 0) is 25.0 Å². The molecule has 0 aliphatic heterocycles. The van der Waals surface area contributed by atoms with E-state index < -0.39 is 23.7 Å². The Labute approximate surface area is 114 Å². The van der Waals surface area contributed by atoms with Crippen molar-refractivity contribution in [1.29, 1.82) is 0 Å². The Morgan fingerprint density at radius 2 is 2.11 bits per heavy atom. The molecule has 19 heavy (non-hydrogen) atoms. The van der Waals surface area contributed by atoms with Crippen LogP contribution in [0.1, 0.15) is 31.4 Å². The van der Waals surface area contributed by atoms with E-state index in [2.05, 4.69) is 0 Å². The Kier molecular flexibility index (Phi) is 3.75. The summed E-state index contributed by atoms with van der Waals surface area (Å²) in [6.45, 7) is 1.28. The van der Waals surface area contributed by atoms with Gasteiger partial charge in [0.15, 0.2) is 6.04 Å². The second-order valence-electron chi connectivity index (χ2n) is 4.53. The molecule has 1 aliphatic rings. The molecule has 0 saturated heterocycles. The molecule has 0 heterocycles. The smallest absolute Gasteiger partial charge is 0.331 e. The van der Waals surface area contributed by atoms with Crippen molar-refractivity contribution in [2.24, 2.45) is 0 Å². The highest BCUT2D eigenvalue weighted by atomic mass is 35.5. The van der Waals surface area contributed by atoms with Gasteiger partial charge in [-0.25, -0.2) is 9.18 Å². The van der Waals surface area contributed by atoms with Gasteiger partial charge in [-0.1, -0.05) is 17.7 Å². The van der Waals surface area contributed by atoms with Gasteiger partial charge in [0.2, 0.25) is 5.91 Å². The molecule has 6 heteroatoms. The number of benzene rings is 1. The number of rotatable bonds is 4. The van der Waals surface area contributed by atoms with Crippen LogP contribution in [0.2, 0.25) is 5.02 Å². The largest absolute Gasteiger partial charge is 0.479 e. The highest BCUT2D eigenvalue weighted by Gasteiger charge is 2.41. The lowest BCUT2D eigenvalue weighted by atomic mass is 10.0. The molecule has 1 saturated carbocycles. The van der Waals surface area contributed by atoms with Gasteiger partial charge < -0.3 is 10.0 Å². The summed E-state index contributed by atoms with van der Waals surface area (Å²) in [6.07, 6.45) is 1.46. The van der Waals surface area contributed by atoms with E-state index in [9.17, 15) is 19.1 Å². The minimum absolute atomic E-state index is 0.0132. The fourth-order valence-electron chi connectivity index (χ4n) is 2.16. The average Bonchev–Trinajstić information content (AvgIpc) is 3.10. The standard InChI is InChI=1S/C13H13ClFNO3/c1-7(17)16(8-5-6-8)12(13(18)19)11-9(14)3-2-4-10(11)15/h2-4,8,12H,5-6H2,1H3,(H,18,19). The number of carbonyl (C=O) groups is 2. The second kappa shape index (κ2) is 5.17. The third kappa shape index (κ3) is 2.71. The minimum Gasteiger partial charge on any atom is -0.479 e. The molecule has 1 aromatic carbocycles. The first-order chi connectivity index (χ1) is 8.93. The maximum Gasteiger partial charge on any atom is 0.331 e. The zero-order chi connectivity index (χ0) is 14.2. The average molecular weight is 286 g/mol. The lowest BCUT2D eigenvalue weighted by molar-refractivity contribution is -0.150.